The minimum atomic E-state index is -0.386. The highest BCUT2D eigenvalue weighted by molar-refractivity contribution is 6.06. The van der Waals surface area contributed by atoms with Gasteiger partial charge in [0.2, 0.25) is 11.8 Å². The summed E-state index contributed by atoms with van der Waals surface area (Å²) in [4.78, 5) is 29.6. The lowest BCUT2D eigenvalue weighted by Crippen LogP contribution is -2.40. The molecule has 1 N–H and O–H groups in total. The smallest absolute Gasteiger partial charge is 0.247 e. The molecular formula is C14H17N3O2. The molecule has 2 aliphatic rings. The Kier molecular flexibility index (Phi) is 3.06. The molecule has 1 aromatic rings. The predicted octanol–water partition coefficient (Wildman–Crippen LogP) is 1.02. The first kappa shape index (κ1) is 12.3. The summed E-state index contributed by atoms with van der Waals surface area (Å²) in [6.07, 6.45) is 5.69. The number of carbonyl (C=O) groups excluding carboxylic acids is 2. The van der Waals surface area contributed by atoms with Crippen molar-refractivity contribution in [2.45, 2.75) is 44.3 Å². The second-order valence-electron chi connectivity index (χ2n) is 5.26. The van der Waals surface area contributed by atoms with Gasteiger partial charge in [-0.25, -0.2) is 0 Å². The molecule has 1 aliphatic carbocycles. The highest BCUT2D eigenvalue weighted by Gasteiger charge is 2.46. The highest BCUT2D eigenvalue weighted by Crippen LogP contribution is 2.32. The van der Waals surface area contributed by atoms with Crippen LogP contribution in [0.4, 0.5) is 0 Å². The number of imide groups is 1. The van der Waals surface area contributed by atoms with E-state index < -0.39 is 0 Å². The molecule has 0 bridgehead atoms. The van der Waals surface area contributed by atoms with Crippen molar-refractivity contribution in [3.8, 4) is 0 Å². The summed E-state index contributed by atoms with van der Waals surface area (Å²) in [5, 5.41) is 3.24. The second kappa shape index (κ2) is 4.74. The van der Waals surface area contributed by atoms with Crippen molar-refractivity contribution in [3.63, 3.8) is 0 Å². The summed E-state index contributed by atoms with van der Waals surface area (Å²) in [5.74, 6) is -0.105. The molecule has 1 aromatic heterocycles. The largest absolute Gasteiger partial charge is 0.299 e. The third-order valence-corrected chi connectivity index (χ3v) is 3.73. The molecule has 2 fully saturated rings. The maximum Gasteiger partial charge on any atom is 0.247 e. The Morgan fingerprint density at radius 2 is 2.21 bits per heavy atom. The van der Waals surface area contributed by atoms with Crippen LogP contribution in [0.1, 0.15) is 37.8 Å². The number of carbonyl (C=O) groups is 2. The van der Waals surface area contributed by atoms with E-state index in [1.165, 1.54) is 4.90 Å². The maximum atomic E-state index is 12.2. The topological polar surface area (TPSA) is 62.3 Å². The van der Waals surface area contributed by atoms with Crippen LogP contribution in [0.3, 0.4) is 0 Å². The van der Waals surface area contributed by atoms with Crippen molar-refractivity contribution < 1.29 is 9.59 Å². The summed E-state index contributed by atoms with van der Waals surface area (Å²) in [6.45, 7) is 1.98. The fourth-order valence-electron chi connectivity index (χ4n) is 2.53. The molecule has 5 nitrogen and oxygen atoms in total. The number of pyridine rings is 1. The van der Waals surface area contributed by atoms with Gasteiger partial charge in [0.05, 0.1) is 12.5 Å². The van der Waals surface area contributed by atoms with Gasteiger partial charge >= 0.3 is 0 Å². The molecule has 1 aliphatic heterocycles. The molecule has 19 heavy (non-hydrogen) atoms. The Morgan fingerprint density at radius 1 is 1.42 bits per heavy atom. The van der Waals surface area contributed by atoms with E-state index in [2.05, 4.69) is 10.3 Å². The van der Waals surface area contributed by atoms with Crippen LogP contribution in [-0.2, 0) is 9.59 Å². The van der Waals surface area contributed by atoms with E-state index in [1.807, 2.05) is 19.1 Å². The first-order valence-electron chi connectivity index (χ1n) is 6.68. The lowest BCUT2D eigenvalue weighted by Gasteiger charge is -2.18. The van der Waals surface area contributed by atoms with Gasteiger partial charge in [0.15, 0.2) is 0 Å². The standard InChI is InChI=1S/C14H17N3O2/c1-9(10-3-2-6-15-8-10)16-12-7-13(18)17(14(12)19)11-4-5-11/h2-3,6,8-9,11-12,16H,4-5,7H2,1H3. The molecule has 100 valence electrons. The van der Waals surface area contributed by atoms with E-state index in [0.717, 1.165) is 18.4 Å². The Labute approximate surface area is 112 Å². The van der Waals surface area contributed by atoms with Gasteiger partial charge in [-0.05, 0) is 31.4 Å². The fraction of sp³-hybridized carbons (Fsp3) is 0.500. The van der Waals surface area contributed by atoms with Gasteiger partial charge in [0.25, 0.3) is 0 Å². The predicted molar refractivity (Wildman–Crippen MR) is 69.1 cm³/mol. The monoisotopic (exact) mass is 259 g/mol. The van der Waals surface area contributed by atoms with Gasteiger partial charge in [0.1, 0.15) is 0 Å². The summed E-state index contributed by atoms with van der Waals surface area (Å²) in [6, 6.07) is 3.62. The first-order chi connectivity index (χ1) is 9.16. The van der Waals surface area contributed by atoms with E-state index in [9.17, 15) is 9.59 Å². The molecule has 1 saturated heterocycles. The lowest BCUT2D eigenvalue weighted by molar-refractivity contribution is -0.139. The average molecular weight is 259 g/mol. The number of nitrogens with zero attached hydrogens (tertiary/aromatic N) is 2. The van der Waals surface area contributed by atoms with E-state index in [-0.39, 0.29) is 36.4 Å². The quantitative estimate of drug-likeness (QED) is 0.820. The van der Waals surface area contributed by atoms with Gasteiger partial charge < -0.3 is 0 Å². The maximum absolute atomic E-state index is 12.2. The third kappa shape index (κ3) is 2.38. The number of nitrogens with one attached hydrogen (secondary N) is 1. The van der Waals surface area contributed by atoms with Crippen LogP contribution >= 0.6 is 0 Å². The minimum absolute atomic E-state index is 0.00889. The normalized spacial score (nSPS) is 24.9. The Balaban J connectivity index is 1.67. The van der Waals surface area contributed by atoms with Crippen LogP contribution in [0.25, 0.3) is 0 Å². The zero-order valence-corrected chi connectivity index (χ0v) is 10.9. The molecule has 3 rings (SSSR count). The Bertz CT molecular complexity index is 499. The third-order valence-electron chi connectivity index (χ3n) is 3.73. The van der Waals surface area contributed by atoms with Crippen LogP contribution in [0.15, 0.2) is 24.5 Å². The van der Waals surface area contributed by atoms with E-state index in [0.29, 0.717) is 0 Å². The Morgan fingerprint density at radius 3 is 2.84 bits per heavy atom. The molecular weight excluding hydrogens is 242 g/mol. The van der Waals surface area contributed by atoms with Gasteiger partial charge in [-0.2, -0.15) is 0 Å². The molecule has 2 amide bonds. The van der Waals surface area contributed by atoms with Crippen molar-refractivity contribution in [1.82, 2.24) is 15.2 Å². The van der Waals surface area contributed by atoms with Crippen LogP contribution in [0.2, 0.25) is 0 Å². The van der Waals surface area contributed by atoms with Crippen LogP contribution in [-0.4, -0.2) is 33.8 Å². The van der Waals surface area contributed by atoms with Gasteiger partial charge in [0, 0.05) is 24.5 Å². The number of amides is 2. The number of hydrogen-bond acceptors (Lipinski definition) is 4. The zero-order chi connectivity index (χ0) is 13.4. The Hall–Kier alpha value is -1.75. The molecule has 2 heterocycles. The van der Waals surface area contributed by atoms with Crippen molar-refractivity contribution in [2.24, 2.45) is 0 Å². The first-order valence-corrected chi connectivity index (χ1v) is 6.68. The molecule has 0 radical (unpaired) electrons. The van der Waals surface area contributed by atoms with E-state index in [1.54, 1.807) is 12.4 Å². The SMILES string of the molecule is CC(NC1CC(=O)N(C2CC2)C1=O)c1cccnc1. The second-order valence-corrected chi connectivity index (χ2v) is 5.26. The number of hydrogen-bond donors (Lipinski definition) is 1. The lowest BCUT2D eigenvalue weighted by atomic mass is 10.1. The van der Waals surface area contributed by atoms with Crippen LogP contribution in [0, 0.1) is 0 Å². The van der Waals surface area contributed by atoms with Gasteiger partial charge in [-0.15, -0.1) is 0 Å². The molecule has 0 spiro atoms. The van der Waals surface area contributed by atoms with Crippen molar-refractivity contribution in [3.05, 3.63) is 30.1 Å². The molecule has 0 aromatic carbocycles. The molecule has 2 atom stereocenters. The van der Waals surface area contributed by atoms with Gasteiger partial charge in [-0.1, -0.05) is 6.07 Å². The van der Waals surface area contributed by atoms with Gasteiger partial charge in [-0.3, -0.25) is 24.8 Å². The average Bonchev–Trinajstić information content (AvgIpc) is 3.19. The van der Waals surface area contributed by atoms with E-state index >= 15 is 0 Å². The van der Waals surface area contributed by atoms with Crippen molar-refractivity contribution in [1.29, 1.82) is 0 Å². The summed E-state index contributed by atoms with van der Waals surface area (Å²) < 4.78 is 0. The van der Waals surface area contributed by atoms with E-state index in [4.69, 9.17) is 0 Å². The zero-order valence-electron chi connectivity index (χ0n) is 10.9. The summed E-state index contributed by atoms with van der Waals surface area (Å²) in [7, 11) is 0. The van der Waals surface area contributed by atoms with Crippen LogP contribution < -0.4 is 5.32 Å². The fourth-order valence-corrected chi connectivity index (χ4v) is 2.53. The van der Waals surface area contributed by atoms with Crippen LogP contribution in [0.5, 0.6) is 0 Å². The number of likely N-dealkylation sites (tertiary alicyclic amines) is 1. The number of aromatic nitrogens is 1. The van der Waals surface area contributed by atoms with Crippen molar-refractivity contribution in [2.75, 3.05) is 0 Å². The number of rotatable bonds is 4. The molecule has 5 heteroatoms. The summed E-state index contributed by atoms with van der Waals surface area (Å²) in [5.41, 5.74) is 1.02. The highest BCUT2D eigenvalue weighted by atomic mass is 16.2. The summed E-state index contributed by atoms with van der Waals surface area (Å²) >= 11 is 0. The molecule has 1 saturated carbocycles. The minimum Gasteiger partial charge on any atom is -0.299 e. The van der Waals surface area contributed by atoms with Crippen molar-refractivity contribution >= 4 is 11.8 Å². The molecule has 2 unspecified atom stereocenters.